The van der Waals surface area contributed by atoms with Crippen LogP contribution in [0.25, 0.3) is 0 Å². The summed E-state index contributed by atoms with van der Waals surface area (Å²) in [6.45, 7) is 31.2. The topological polar surface area (TPSA) is 72.5 Å². The highest BCUT2D eigenvalue weighted by molar-refractivity contribution is 6.99. The maximum absolute atomic E-state index is 14.0. The molecule has 0 bridgehead atoms. The van der Waals surface area contributed by atoms with E-state index in [0.717, 1.165) is 44.0 Å². The maximum atomic E-state index is 14.0. The molecule has 0 aliphatic carbocycles. The van der Waals surface area contributed by atoms with Gasteiger partial charge in [-0.2, -0.15) is 0 Å². The molecule has 2 aromatic rings. The maximum Gasteiger partial charge on any atom is 0.261 e. The van der Waals surface area contributed by atoms with E-state index in [-0.39, 0.29) is 41.2 Å². The first-order valence-electron chi connectivity index (χ1n) is 24.7. The number of benzene rings is 2. The van der Waals surface area contributed by atoms with Crippen molar-refractivity contribution >= 4 is 41.1 Å². The van der Waals surface area contributed by atoms with Crippen molar-refractivity contribution < 1.29 is 32.3 Å². The highest BCUT2D eigenvalue weighted by Gasteiger charge is 2.52. The molecular weight excluding hydrogens is 833 g/mol. The van der Waals surface area contributed by atoms with E-state index < -0.39 is 30.7 Å². The number of hydrogen-bond donors (Lipinski definition) is 0. The van der Waals surface area contributed by atoms with Gasteiger partial charge >= 0.3 is 0 Å². The number of methoxy groups -OCH3 is 1. The number of ketones is 1. The molecule has 4 rings (SSSR count). The van der Waals surface area contributed by atoms with Gasteiger partial charge in [0, 0.05) is 45.3 Å². The second-order valence-electron chi connectivity index (χ2n) is 20.6. The van der Waals surface area contributed by atoms with Gasteiger partial charge in [0.25, 0.3) is 8.32 Å². The van der Waals surface area contributed by atoms with E-state index >= 15 is 0 Å². The molecule has 0 saturated carbocycles. The summed E-state index contributed by atoms with van der Waals surface area (Å²) in [5.41, 5.74) is 1.75. The van der Waals surface area contributed by atoms with Crippen LogP contribution < -0.4 is 10.4 Å². The summed E-state index contributed by atoms with van der Waals surface area (Å²) < 4.78 is 41.0. The van der Waals surface area contributed by atoms with Crippen molar-refractivity contribution in [3.05, 3.63) is 85.0 Å². The molecule has 2 heterocycles. The summed E-state index contributed by atoms with van der Waals surface area (Å²) in [7, 11) is -4.88. The van der Waals surface area contributed by atoms with Crippen molar-refractivity contribution in [2.24, 2.45) is 5.92 Å². The molecule has 0 radical (unpaired) electrons. The van der Waals surface area contributed by atoms with Gasteiger partial charge in [-0.15, -0.1) is 0 Å². The Morgan fingerprint density at radius 2 is 1.43 bits per heavy atom. The average molecular weight is 922 g/mol. The van der Waals surface area contributed by atoms with Crippen molar-refractivity contribution in [1.29, 1.82) is 0 Å². The van der Waals surface area contributed by atoms with E-state index in [0.29, 0.717) is 48.9 Å². The number of unbranched alkanes of at least 4 members (excludes halogenated alkanes) is 1. The van der Waals surface area contributed by atoms with Crippen molar-refractivity contribution in [1.82, 2.24) is 0 Å². The molecule has 0 N–H and O–H groups in total. The Kier molecular flexibility index (Phi) is 20.6. The van der Waals surface area contributed by atoms with E-state index in [1.54, 1.807) is 7.11 Å². The fraction of sp³-hybridized carbons (Fsp3) is 0.679. The molecule has 63 heavy (non-hydrogen) atoms. The predicted octanol–water partition coefficient (Wildman–Crippen LogP) is 12.7. The summed E-state index contributed by atoms with van der Waals surface area (Å²) in [6.07, 6.45) is 12.8. The minimum absolute atomic E-state index is 0.0685. The third-order valence-corrected chi connectivity index (χ3v) is 30.6. The Morgan fingerprint density at radius 1 is 0.857 bits per heavy atom. The normalized spacial score (nSPS) is 23.1. The Bertz CT molecular complexity index is 1630. The van der Waals surface area contributed by atoms with E-state index in [9.17, 15) is 4.79 Å². The highest BCUT2D eigenvalue weighted by Crippen LogP contribution is 2.43. The van der Waals surface area contributed by atoms with E-state index in [1.165, 1.54) is 10.4 Å². The van der Waals surface area contributed by atoms with Crippen LogP contribution in [-0.4, -0.2) is 81.3 Å². The molecule has 0 aromatic heterocycles. The Morgan fingerprint density at radius 3 is 1.94 bits per heavy atom. The zero-order valence-corrected chi connectivity index (χ0v) is 45.0. The second kappa shape index (κ2) is 24.1. The van der Waals surface area contributed by atoms with Gasteiger partial charge in [0.2, 0.25) is 0 Å². The van der Waals surface area contributed by atoms with Crippen LogP contribution in [0.4, 0.5) is 0 Å². The zero-order chi connectivity index (χ0) is 46.5. The Hall–Kier alpha value is -2.00. The van der Waals surface area contributed by atoms with Crippen LogP contribution in [0.15, 0.2) is 85.0 Å². The summed E-state index contributed by atoms with van der Waals surface area (Å²) >= 11 is 0. The summed E-state index contributed by atoms with van der Waals surface area (Å²) in [4.78, 5) is 14.0. The molecular formula is C53H88O7Si3. The molecule has 354 valence electrons. The lowest BCUT2D eigenvalue weighted by atomic mass is 9.91. The fourth-order valence-electron chi connectivity index (χ4n) is 11.0. The fourth-order valence-corrected chi connectivity index (χ4v) is 24.0. The van der Waals surface area contributed by atoms with Crippen molar-refractivity contribution in [3.63, 3.8) is 0 Å². The van der Waals surface area contributed by atoms with E-state index in [1.807, 2.05) is 0 Å². The molecule has 0 spiro atoms. The van der Waals surface area contributed by atoms with E-state index in [4.69, 9.17) is 27.5 Å². The predicted molar refractivity (Wildman–Crippen MR) is 271 cm³/mol. The number of ether oxygens (including phenoxy) is 3. The van der Waals surface area contributed by atoms with Gasteiger partial charge in [-0.3, -0.25) is 4.79 Å². The third-order valence-electron chi connectivity index (χ3n) is 14.8. The Balaban J connectivity index is 1.41. The largest absolute Gasteiger partial charge is 0.416 e. The van der Waals surface area contributed by atoms with Crippen molar-refractivity contribution in [3.8, 4) is 0 Å². The van der Waals surface area contributed by atoms with Crippen LogP contribution in [0.3, 0.4) is 0 Å². The molecule has 2 aliphatic heterocycles. The summed E-state index contributed by atoms with van der Waals surface area (Å²) in [5.74, 6) is -0.833. The van der Waals surface area contributed by atoms with Crippen LogP contribution in [0.5, 0.6) is 0 Å². The van der Waals surface area contributed by atoms with Gasteiger partial charge in [-0.05, 0) is 69.4 Å². The first-order chi connectivity index (χ1) is 29.9. The first-order valence-corrected chi connectivity index (χ1v) is 31.3. The lowest BCUT2D eigenvalue weighted by molar-refractivity contribution is -0.237. The van der Waals surface area contributed by atoms with Gasteiger partial charge in [-0.1, -0.05) is 175 Å². The first kappa shape index (κ1) is 53.6. The van der Waals surface area contributed by atoms with Gasteiger partial charge in [0.1, 0.15) is 5.78 Å². The summed E-state index contributed by atoms with van der Waals surface area (Å²) in [6, 6.07) is 24.8. The van der Waals surface area contributed by atoms with Crippen molar-refractivity contribution in [2.45, 2.75) is 205 Å². The lowest BCUT2D eigenvalue weighted by Gasteiger charge is -2.43. The smallest absolute Gasteiger partial charge is 0.261 e. The molecule has 0 unspecified atom stereocenters. The van der Waals surface area contributed by atoms with Crippen LogP contribution in [0.2, 0.25) is 39.8 Å². The highest BCUT2D eigenvalue weighted by atomic mass is 28.4. The Labute approximate surface area is 387 Å². The third kappa shape index (κ3) is 13.1. The van der Waals surface area contributed by atoms with Crippen LogP contribution >= 0.6 is 0 Å². The molecule has 7 nitrogen and oxygen atoms in total. The molecule has 0 amide bonds. The van der Waals surface area contributed by atoms with Crippen LogP contribution in [0, 0.1) is 5.92 Å². The molecule has 1 fully saturated rings. The van der Waals surface area contributed by atoms with Crippen LogP contribution in [-0.2, 0) is 32.3 Å². The number of allylic oxidation sites excluding steroid dienone is 1. The average Bonchev–Trinajstić information content (AvgIpc) is 3.64. The second-order valence-corrected chi connectivity index (χ2v) is 35.1. The number of hydrogen-bond acceptors (Lipinski definition) is 7. The minimum Gasteiger partial charge on any atom is -0.416 e. The number of carbonyl (C=O) groups is 1. The van der Waals surface area contributed by atoms with Gasteiger partial charge in [-0.25, -0.2) is 0 Å². The number of Topliss-reactive ketones (excluding diaryl/α,β-unsaturated/α-hetero) is 1. The molecule has 2 aromatic carbocycles. The van der Waals surface area contributed by atoms with Gasteiger partial charge in [0.05, 0.1) is 31.0 Å². The number of carbonyl (C=O) groups excluding carboxylic acids is 1. The lowest BCUT2D eigenvalue weighted by Crippen LogP contribution is -2.67. The summed E-state index contributed by atoms with van der Waals surface area (Å²) in [5, 5.41) is 2.39. The molecule has 2 aliphatic rings. The quantitative estimate of drug-likeness (QED) is 0.0529. The van der Waals surface area contributed by atoms with Gasteiger partial charge in [0.15, 0.2) is 22.4 Å². The van der Waals surface area contributed by atoms with E-state index in [2.05, 4.69) is 175 Å². The molecule has 10 heteroatoms. The van der Waals surface area contributed by atoms with Crippen LogP contribution in [0.1, 0.15) is 135 Å². The van der Waals surface area contributed by atoms with Gasteiger partial charge < -0.3 is 27.5 Å². The van der Waals surface area contributed by atoms with Crippen molar-refractivity contribution in [2.75, 3.05) is 20.3 Å². The molecule has 6 atom stereocenters. The monoisotopic (exact) mass is 921 g/mol. The zero-order valence-electron chi connectivity index (χ0n) is 42.0. The number of rotatable bonds is 26. The SMILES string of the molecule is CC[Si](CC)(CC)O[C@H]1C[C@H](CO[Si](c2ccccc2)(c2ccccc2)C(C)(C)C)O[C@H]1C[C@H](C)C(=O)CC[C@]1(OC)CC=C[C@H](/C=C/CCCO[Si](C(C)C)(C(C)C)C(C)C)O1. The standard InChI is InChI=1S/C53H88O7Si3/c1-15-61(16-2,17-3)60-51-39-46(40-57-63(52(11,12)13,47-30-22-18-23-31-47)48-32-24-19-25-33-48)58-50(51)38-44(10)49(54)34-36-53(55-14)35-27-29-45(59-53)28-21-20-26-37-56-62(41(4)5,42(6)7)43(8)9/h18-19,21-25,27-33,41-46,50-51H,15-17,20,26,34-40H2,1-14H3/b28-21+/t44-,45-,46+,50-,51-,53-/m0/s1. The minimum atomic E-state index is -2.75. The molecule has 1 saturated heterocycles.